The normalized spacial score (nSPS) is 34.1. The van der Waals surface area contributed by atoms with E-state index in [-0.39, 0.29) is 6.04 Å². The van der Waals surface area contributed by atoms with Gasteiger partial charge < -0.3 is 10.2 Å². The van der Waals surface area contributed by atoms with Crippen LogP contribution in [-0.4, -0.2) is 72.0 Å². The highest BCUT2D eigenvalue weighted by Gasteiger charge is 2.44. The van der Waals surface area contributed by atoms with Crippen molar-refractivity contribution in [2.45, 2.75) is 45.2 Å². The Morgan fingerprint density at radius 1 is 1.24 bits per heavy atom. The maximum absolute atomic E-state index is 12.9. The molecule has 0 aromatic heterocycles. The Kier molecular flexibility index (Phi) is 4.81. The predicted octanol–water partition coefficient (Wildman–Crippen LogP) is 1.41. The smallest absolute Gasteiger partial charge is 0.240 e. The molecule has 0 bridgehead atoms. The number of amides is 1. The number of nitrogens with one attached hydrogen (secondary N) is 1. The summed E-state index contributed by atoms with van der Waals surface area (Å²) in [5.41, 5.74) is 0.345. The van der Waals surface area contributed by atoms with Crippen molar-refractivity contribution < 1.29 is 4.79 Å². The van der Waals surface area contributed by atoms with E-state index >= 15 is 0 Å². The monoisotopic (exact) mass is 311 g/mol. The van der Waals surface area contributed by atoms with E-state index in [1.54, 1.807) is 0 Å². The van der Waals surface area contributed by atoms with E-state index < -0.39 is 0 Å². The molecular formula is C16H29N3OS. The SMILES string of the molecule is CC1(C)CCSCC1N1CCCC1C(=O)N1CCNCC1. The standard InChI is InChI=1S/C16H29N3OS/c1-16(2)5-11-21-12-14(16)19-8-3-4-13(19)15(20)18-9-6-17-7-10-18/h13-14,17H,3-12H2,1-2H3. The van der Waals surface area contributed by atoms with Crippen LogP contribution >= 0.6 is 11.8 Å². The summed E-state index contributed by atoms with van der Waals surface area (Å²) in [6.07, 6.45) is 3.51. The van der Waals surface area contributed by atoms with Crippen molar-refractivity contribution in [1.82, 2.24) is 15.1 Å². The van der Waals surface area contributed by atoms with Gasteiger partial charge in [-0.1, -0.05) is 13.8 Å². The number of rotatable bonds is 2. The van der Waals surface area contributed by atoms with E-state index in [2.05, 4.69) is 40.7 Å². The third-order valence-electron chi connectivity index (χ3n) is 5.48. The fraction of sp³-hybridized carbons (Fsp3) is 0.938. The van der Waals surface area contributed by atoms with Gasteiger partial charge in [-0.15, -0.1) is 0 Å². The van der Waals surface area contributed by atoms with Crippen molar-refractivity contribution in [2.75, 3.05) is 44.2 Å². The lowest BCUT2D eigenvalue weighted by Crippen LogP contribution is -2.57. The van der Waals surface area contributed by atoms with Gasteiger partial charge in [0.15, 0.2) is 0 Å². The van der Waals surface area contributed by atoms with E-state index in [4.69, 9.17) is 0 Å². The molecular weight excluding hydrogens is 282 g/mol. The van der Waals surface area contributed by atoms with Crippen LogP contribution in [0.1, 0.15) is 33.1 Å². The van der Waals surface area contributed by atoms with Crippen molar-refractivity contribution >= 4 is 17.7 Å². The molecule has 0 saturated carbocycles. The molecule has 21 heavy (non-hydrogen) atoms. The lowest BCUT2D eigenvalue weighted by Gasteiger charge is -2.46. The molecule has 0 aliphatic carbocycles. The highest BCUT2D eigenvalue weighted by molar-refractivity contribution is 7.99. The van der Waals surface area contributed by atoms with Crippen molar-refractivity contribution in [2.24, 2.45) is 5.41 Å². The van der Waals surface area contributed by atoms with Crippen LogP contribution in [0.3, 0.4) is 0 Å². The molecule has 5 heteroatoms. The summed E-state index contributed by atoms with van der Waals surface area (Å²) in [4.78, 5) is 17.6. The molecule has 0 spiro atoms. The van der Waals surface area contributed by atoms with Gasteiger partial charge in [0.25, 0.3) is 0 Å². The third kappa shape index (κ3) is 3.25. The number of hydrogen-bond donors (Lipinski definition) is 1. The summed E-state index contributed by atoms with van der Waals surface area (Å²) in [5, 5.41) is 3.34. The van der Waals surface area contributed by atoms with Crippen molar-refractivity contribution in [3.05, 3.63) is 0 Å². The molecule has 0 aromatic carbocycles. The molecule has 3 aliphatic rings. The first-order valence-corrected chi connectivity index (χ1v) is 9.58. The molecule has 3 heterocycles. The van der Waals surface area contributed by atoms with Gasteiger partial charge in [-0.25, -0.2) is 0 Å². The summed E-state index contributed by atoms with van der Waals surface area (Å²) in [6.45, 7) is 9.55. The number of hydrogen-bond acceptors (Lipinski definition) is 4. The highest BCUT2D eigenvalue weighted by atomic mass is 32.2. The van der Waals surface area contributed by atoms with E-state index in [0.717, 1.165) is 39.1 Å². The average molecular weight is 311 g/mol. The molecule has 1 amide bonds. The van der Waals surface area contributed by atoms with Gasteiger partial charge in [-0.05, 0) is 37.0 Å². The van der Waals surface area contributed by atoms with Gasteiger partial charge >= 0.3 is 0 Å². The van der Waals surface area contributed by atoms with Crippen LogP contribution in [0.25, 0.3) is 0 Å². The van der Waals surface area contributed by atoms with Crippen LogP contribution in [0.2, 0.25) is 0 Å². The molecule has 3 aliphatic heterocycles. The molecule has 120 valence electrons. The first-order chi connectivity index (χ1) is 10.1. The van der Waals surface area contributed by atoms with Gasteiger partial charge in [0.1, 0.15) is 0 Å². The van der Waals surface area contributed by atoms with Gasteiger partial charge in [0.05, 0.1) is 6.04 Å². The summed E-state index contributed by atoms with van der Waals surface area (Å²) in [6, 6.07) is 0.710. The Balaban J connectivity index is 1.71. The second-order valence-corrected chi connectivity index (χ2v) is 8.45. The molecule has 4 nitrogen and oxygen atoms in total. The van der Waals surface area contributed by atoms with Crippen molar-refractivity contribution in [3.63, 3.8) is 0 Å². The summed E-state index contributed by atoms with van der Waals surface area (Å²) >= 11 is 2.06. The molecule has 2 atom stereocenters. The molecule has 3 fully saturated rings. The Hall–Kier alpha value is -0.260. The molecule has 2 unspecified atom stereocenters. The number of carbonyl (C=O) groups excluding carboxylic acids is 1. The van der Waals surface area contributed by atoms with E-state index in [9.17, 15) is 4.79 Å². The first kappa shape index (κ1) is 15.6. The maximum atomic E-state index is 12.9. The third-order valence-corrected chi connectivity index (χ3v) is 6.52. The number of carbonyl (C=O) groups is 1. The Bertz CT molecular complexity index is 382. The zero-order valence-corrected chi connectivity index (χ0v) is 14.3. The zero-order valence-electron chi connectivity index (χ0n) is 13.4. The second-order valence-electron chi connectivity index (χ2n) is 7.30. The minimum absolute atomic E-state index is 0.145. The van der Waals surface area contributed by atoms with Gasteiger partial charge in [-0.3, -0.25) is 9.69 Å². The molecule has 1 N–H and O–H groups in total. The Morgan fingerprint density at radius 2 is 2.00 bits per heavy atom. The van der Waals surface area contributed by atoms with Crippen LogP contribution in [0.5, 0.6) is 0 Å². The van der Waals surface area contributed by atoms with Gasteiger partial charge in [-0.2, -0.15) is 11.8 Å². The minimum Gasteiger partial charge on any atom is -0.339 e. The number of thioether (sulfide) groups is 1. The minimum atomic E-state index is 0.145. The average Bonchev–Trinajstić information content (AvgIpc) is 2.96. The van der Waals surface area contributed by atoms with E-state index in [1.165, 1.54) is 24.3 Å². The molecule has 0 aromatic rings. The fourth-order valence-electron chi connectivity index (χ4n) is 3.99. The number of likely N-dealkylation sites (tertiary alicyclic amines) is 1. The Labute approximate surface area is 133 Å². The summed E-state index contributed by atoms with van der Waals surface area (Å²) in [7, 11) is 0. The Morgan fingerprint density at radius 3 is 2.71 bits per heavy atom. The largest absolute Gasteiger partial charge is 0.339 e. The van der Waals surface area contributed by atoms with Gasteiger partial charge in [0.2, 0.25) is 5.91 Å². The van der Waals surface area contributed by atoms with E-state index in [0.29, 0.717) is 17.4 Å². The predicted molar refractivity (Wildman–Crippen MR) is 88.7 cm³/mol. The molecule has 0 radical (unpaired) electrons. The summed E-state index contributed by atoms with van der Waals surface area (Å²) < 4.78 is 0. The van der Waals surface area contributed by atoms with Crippen LogP contribution < -0.4 is 5.32 Å². The fourth-order valence-corrected chi connectivity index (χ4v) is 5.69. The number of nitrogens with zero attached hydrogens (tertiary/aromatic N) is 2. The van der Waals surface area contributed by atoms with Crippen molar-refractivity contribution in [1.29, 1.82) is 0 Å². The topological polar surface area (TPSA) is 35.6 Å². The maximum Gasteiger partial charge on any atom is 0.240 e. The van der Waals surface area contributed by atoms with Crippen molar-refractivity contribution in [3.8, 4) is 0 Å². The van der Waals surface area contributed by atoms with Crippen LogP contribution in [0.15, 0.2) is 0 Å². The lowest BCUT2D eigenvalue weighted by atomic mass is 9.81. The summed E-state index contributed by atoms with van der Waals surface area (Å²) in [5.74, 6) is 2.85. The molecule has 3 rings (SSSR count). The first-order valence-electron chi connectivity index (χ1n) is 8.42. The zero-order chi connectivity index (χ0) is 14.9. The van der Waals surface area contributed by atoms with Crippen LogP contribution in [0.4, 0.5) is 0 Å². The lowest BCUT2D eigenvalue weighted by molar-refractivity contribution is -0.138. The second kappa shape index (κ2) is 6.47. The number of piperazine rings is 1. The quantitative estimate of drug-likeness (QED) is 0.836. The van der Waals surface area contributed by atoms with Gasteiger partial charge in [0, 0.05) is 38.0 Å². The van der Waals surface area contributed by atoms with Crippen LogP contribution in [0, 0.1) is 5.41 Å². The molecule has 3 saturated heterocycles. The van der Waals surface area contributed by atoms with E-state index in [1.807, 2.05) is 0 Å². The highest BCUT2D eigenvalue weighted by Crippen LogP contribution is 2.40. The van der Waals surface area contributed by atoms with Crippen LogP contribution in [-0.2, 0) is 4.79 Å².